The summed E-state index contributed by atoms with van der Waals surface area (Å²) in [6, 6.07) is 0. The zero-order valence-electron chi connectivity index (χ0n) is 19.4. The molecule has 30 heavy (non-hydrogen) atoms. The van der Waals surface area contributed by atoms with Crippen LogP contribution in [0.15, 0.2) is 12.3 Å². The molecule has 1 aliphatic heterocycles. The molecule has 0 bridgehead atoms. The number of unbranched alkanes of at least 4 members (excludes halogenated alkanes) is 15. The molecule has 1 heterocycles. The van der Waals surface area contributed by atoms with E-state index in [1.165, 1.54) is 89.9 Å². The predicted molar refractivity (Wildman–Crippen MR) is 122 cm³/mol. The number of hydrogen-bond acceptors (Lipinski definition) is 5. The Morgan fingerprint density at radius 3 is 1.87 bits per heavy atom. The molecule has 0 aromatic rings. The van der Waals surface area contributed by atoms with Gasteiger partial charge in [0.25, 0.3) is 0 Å². The summed E-state index contributed by atoms with van der Waals surface area (Å²) in [5.41, 5.74) is 0. The average Bonchev–Trinajstić information content (AvgIpc) is 3.12. The van der Waals surface area contributed by atoms with Crippen molar-refractivity contribution in [3.8, 4) is 0 Å². The minimum atomic E-state index is -1.03. The lowest BCUT2D eigenvalue weighted by molar-refractivity contribution is -0.0721. The molecule has 0 aliphatic carbocycles. The van der Waals surface area contributed by atoms with E-state index in [0.717, 1.165) is 12.8 Å². The molecular weight excluding hydrogens is 380 g/mol. The number of rotatable bonds is 20. The van der Waals surface area contributed by atoms with Gasteiger partial charge in [-0.15, -0.1) is 0 Å². The van der Waals surface area contributed by atoms with Gasteiger partial charge < -0.3 is 24.8 Å². The SMILES string of the molecule is CCCCCCCCCCCCCCCCC/C=C/O[C@@H]1[C@H]([C@@H](O)CO)OC[C@H]1O. The molecule has 1 aliphatic rings. The van der Waals surface area contributed by atoms with Crippen LogP contribution < -0.4 is 0 Å². The van der Waals surface area contributed by atoms with Crippen molar-refractivity contribution in [3.63, 3.8) is 0 Å². The van der Waals surface area contributed by atoms with Crippen molar-refractivity contribution in [2.24, 2.45) is 0 Å². The highest BCUT2D eigenvalue weighted by Crippen LogP contribution is 2.21. The van der Waals surface area contributed by atoms with Crippen LogP contribution in [0.3, 0.4) is 0 Å². The topological polar surface area (TPSA) is 79.2 Å². The highest BCUT2D eigenvalue weighted by molar-refractivity contribution is 4.91. The van der Waals surface area contributed by atoms with Crippen molar-refractivity contribution in [2.45, 2.75) is 134 Å². The molecule has 0 unspecified atom stereocenters. The first-order valence-electron chi connectivity index (χ1n) is 12.6. The van der Waals surface area contributed by atoms with E-state index in [1.807, 2.05) is 6.08 Å². The Hall–Kier alpha value is -0.620. The molecule has 1 fully saturated rings. The Balaban J connectivity index is 1.86. The molecule has 0 aromatic heterocycles. The van der Waals surface area contributed by atoms with Crippen molar-refractivity contribution in [3.05, 3.63) is 12.3 Å². The molecule has 0 amide bonds. The predicted octanol–water partition coefficient (Wildman–Crippen LogP) is 5.26. The Labute approximate surface area is 184 Å². The molecule has 5 heteroatoms. The van der Waals surface area contributed by atoms with E-state index in [4.69, 9.17) is 14.6 Å². The van der Waals surface area contributed by atoms with E-state index in [1.54, 1.807) is 6.26 Å². The van der Waals surface area contributed by atoms with Gasteiger partial charge in [0.1, 0.15) is 18.3 Å². The van der Waals surface area contributed by atoms with E-state index < -0.39 is 31.0 Å². The van der Waals surface area contributed by atoms with E-state index >= 15 is 0 Å². The largest absolute Gasteiger partial charge is 0.493 e. The molecule has 0 radical (unpaired) electrons. The van der Waals surface area contributed by atoms with Crippen molar-refractivity contribution in [2.75, 3.05) is 13.2 Å². The molecule has 5 nitrogen and oxygen atoms in total. The first-order valence-corrected chi connectivity index (χ1v) is 12.6. The lowest BCUT2D eigenvalue weighted by Gasteiger charge is -2.22. The quantitative estimate of drug-likeness (QED) is 0.182. The van der Waals surface area contributed by atoms with Gasteiger partial charge in [-0.1, -0.05) is 96.8 Å². The molecule has 178 valence electrons. The third kappa shape index (κ3) is 12.9. The van der Waals surface area contributed by atoms with E-state index in [0.29, 0.717) is 0 Å². The Kier molecular flexibility index (Phi) is 17.4. The van der Waals surface area contributed by atoms with Gasteiger partial charge in [0.2, 0.25) is 0 Å². The molecule has 0 spiro atoms. The van der Waals surface area contributed by atoms with Crippen LogP contribution in [0, 0.1) is 0 Å². The summed E-state index contributed by atoms with van der Waals surface area (Å²) in [7, 11) is 0. The van der Waals surface area contributed by atoms with Crippen LogP contribution in [0.1, 0.15) is 110 Å². The average molecular weight is 429 g/mol. The summed E-state index contributed by atoms with van der Waals surface area (Å²) < 4.78 is 10.8. The van der Waals surface area contributed by atoms with Gasteiger partial charge in [-0.25, -0.2) is 0 Å². The van der Waals surface area contributed by atoms with Crippen molar-refractivity contribution < 1.29 is 24.8 Å². The molecule has 0 aromatic carbocycles. The van der Waals surface area contributed by atoms with Crippen LogP contribution >= 0.6 is 0 Å². The fraction of sp³-hybridized carbons (Fsp3) is 0.920. The van der Waals surface area contributed by atoms with Gasteiger partial charge >= 0.3 is 0 Å². The maximum Gasteiger partial charge on any atom is 0.154 e. The monoisotopic (exact) mass is 428 g/mol. The fourth-order valence-corrected chi connectivity index (χ4v) is 4.07. The van der Waals surface area contributed by atoms with Crippen LogP contribution in [0.4, 0.5) is 0 Å². The number of aliphatic hydroxyl groups excluding tert-OH is 3. The minimum Gasteiger partial charge on any atom is -0.493 e. The van der Waals surface area contributed by atoms with Crippen molar-refractivity contribution >= 4 is 0 Å². The van der Waals surface area contributed by atoms with Crippen molar-refractivity contribution in [1.29, 1.82) is 0 Å². The number of aliphatic hydroxyl groups is 3. The molecular formula is C25H48O5. The minimum absolute atomic E-state index is 0.124. The van der Waals surface area contributed by atoms with Crippen LogP contribution in [0.2, 0.25) is 0 Å². The van der Waals surface area contributed by atoms with Gasteiger partial charge in [-0.2, -0.15) is 0 Å². The second-order valence-corrected chi connectivity index (χ2v) is 8.83. The summed E-state index contributed by atoms with van der Waals surface area (Å²) in [6.07, 6.45) is 21.9. The first-order chi connectivity index (χ1) is 14.7. The van der Waals surface area contributed by atoms with Gasteiger partial charge in [-0.3, -0.25) is 0 Å². The lowest BCUT2D eigenvalue weighted by Crippen LogP contribution is -2.41. The second kappa shape index (κ2) is 19.1. The summed E-state index contributed by atoms with van der Waals surface area (Å²) in [6.45, 7) is 2.00. The van der Waals surface area contributed by atoms with E-state index in [9.17, 15) is 10.2 Å². The zero-order valence-corrected chi connectivity index (χ0v) is 19.4. The summed E-state index contributed by atoms with van der Waals surface area (Å²) in [5, 5.41) is 28.6. The van der Waals surface area contributed by atoms with Crippen LogP contribution in [0.5, 0.6) is 0 Å². The molecule has 1 rings (SSSR count). The van der Waals surface area contributed by atoms with Crippen LogP contribution in [0.25, 0.3) is 0 Å². The number of hydrogen-bond donors (Lipinski definition) is 3. The number of allylic oxidation sites excluding steroid dienone is 1. The third-order valence-corrected chi connectivity index (χ3v) is 6.04. The van der Waals surface area contributed by atoms with Gasteiger partial charge in [0.05, 0.1) is 19.5 Å². The Morgan fingerprint density at radius 2 is 1.37 bits per heavy atom. The maximum atomic E-state index is 9.87. The van der Waals surface area contributed by atoms with Crippen LogP contribution in [-0.4, -0.2) is 52.9 Å². The normalized spacial score (nSPS) is 22.7. The van der Waals surface area contributed by atoms with Crippen molar-refractivity contribution in [1.82, 2.24) is 0 Å². The number of ether oxygens (including phenoxy) is 2. The zero-order chi connectivity index (χ0) is 21.9. The van der Waals surface area contributed by atoms with Gasteiger partial charge in [0.15, 0.2) is 6.10 Å². The molecule has 1 saturated heterocycles. The van der Waals surface area contributed by atoms with Gasteiger partial charge in [-0.05, 0) is 18.9 Å². The molecule has 0 saturated carbocycles. The molecule has 3 N–H and O–H groups in total. The second-order valence-electron chi connectivity index (χ2n) is 8.83. The first kappa shape index (κ1) is 27.4. The molecule has 4 atom stereocenters. The maximum absolute atomic E-state index is 9.87. The highest BCUT2D eigenvalue weighted by atomic mass is 16.6. The standard InChI is InChI=1S/C25H48O5/c1-2-3-4-5-6-7-8-9-10-11-12-13-14-15-16-17-18-19-29-25-23(28)21-30-24(25)22(27)20-26/h18-19,22-28H,2-17,20-21H2,1H3/b19-18+/t22-,23+,24-,25-/m0/s1. The fourth-order valence-electron chi connectivity index (χ4n) is 4.07. The van der Waals surface area contributed by atoms with E-state index in [2.05, 4.69) is 6.92 Å². The summed E-state index contributed by atoms with van der Waals surface area (Å²) in [5.74, 6) is 0. The van der Waals surface area contributed by atoms with Gasteiger partial charge in [0, 0.05) is 0 Å². The smallest absolute Gasteiger partial charge is 0.154 e. The van der Waals surface area contributed by atoms with E-state index in [-0.39, 0.29) is 6.61 Å². The highest BCUT2D eigenvalue weighted by Gasteiger charge is 2.41. The Morgan fingerprint density at radius 1 is 0.867 bits per heavy atom. The van der Waals surface area contributed by atoms with Crippen LogP contribution in [-0.2, 0) is 9.47 Å². The Bertz CT molecular complexity index is 401. The lowest BCUT2D eigenvalue weighted by atomic mass is 10.0. The summed E-state index contributed by atoms with van der Waals surface area (Å²) in [4.78, 5) is 0. The third-order valence-electron chi connectivity index (χ3n) is 6.04. The summed E-state index contributed by atoms with van der Waals surface area (Å²) >= 11 is 0.